The highest BCUT2D eigenvalue weighted by atomic mass is 16.5. The Balaban J connectivity index is 2.23. The normalized spacial score (nSPS) is 19.2. The molecule has 0 aromatic heterocycles. The van der Waals surface area contributed by atoms with Crippen molar-refractivity contribution < 1.29 is 9.84 Å². The molecule has 1 N–H and O–H groups in total. The van der Waals surface area contributed by atoms with E-state index in [2.05, 4.69) is 11.0 Å². The third-order valence-corrected chi connectivity index (χ3v) is 2.95. The Morgan fingerprint density at radius 1 is 1.25 bits per heavy atom. The highest BCUT2D eigenvalue weighted by molar-refractivity contribution is 5.54. The van der Waals surface area contributed by atoms with Gasteiger partial charge in [-0.1, -0.05) is 18.2 Å². The van der Waals surface area contributed by atoms with E-state index in [1.54, 1.807) is 0 Å². The largest absolute Gasteiger partial charge is 0.389 e. The van der Waals surface area contributed by atoms with Crippen molar-refractivity contribution in [3.05, 3.63) is 29.8 Å². The van der Waals surface area contributed by atoms with Crippen LogP contribution in [0.3, 0.4) is 0 Å². The van der Waals surface area contributed by atoms with Gasteiger partial charge in [0.1, 0.15) is 0 Å². The number of para-hydroxylation sites is 1. The van der Waals surface area contributed by atoms with Crippen LogP contribution in [0.5, 0.6) is 0 Å². The number of hydrogen-bond acceptors (Lipinski definition) is 3. The summed E-state index contributed by atoms with van der Waals surface area (Å²) in [5, 5.41) is 9.75. The standard InChI is InChI=1S/C13H19NO2/c1-11(15)12-5-2-3-6-13(12)14-7-4-9-16-10-8-14/h2-3,5-6,11,15H,4,7-10H2,1H3. The average molecular weight is 221 g/mol. The zero-order valence-electron chi connectivity index (χ0n) is 9.72. The Morgan fingerprint density at radius 2 is 2.06 bits per heavy atom. The van der Waals surface area contributed by atoms with E-state index in [1.165, 1.54) is 0 Å². The summed E-state index contributed by atoms with van der Waals surface area (Å²) >= 11 is 0. The fraction of sp³-hybridized carbons (Fsp3) is 0.538. The molecule has 0 saturated carbocycles. The van der Waals surface area contributed by atoms with Crippen LogP contribution in [0, 0.1) is 0 Å². The van der Waals surface area contributed by atoms with Gasteiger partial charge in [0, 0.05) is 30.9 Å². The van der Waals surface area contributed by atoms with Gasteiger partial charge in [0.25, 0.3) is 0 Å². The minimum Gasteiger partial charge on any atom is -0.389 e. The van der Waals surface area contributed by atoms with Crippen molar-refractivity contribution in [1.82, 2.24) is 0 Å². The van der Waals surface area contributed by atoms with Gasteiger partial charge in [-0.3, -0.25) is 0 Å². The fourth-order valence-corrected chi connectivity index (χ4v) is 2.12. The Morgan fingerprint density at radius 3 is 2.88 bits per heavy atom. The first-order chi connectivity index (χ1) is 7.79. The summed E-state index contributed by atoms with van der Waals surface area (Å²) in [6, 6.07) is 8.06. The third-order valence-electron chi connectivity index (χ3n) is 2.95. The van der Waals surface area contributed by atoms with E-state index in [0.717, 1.165) is 44.0 Å². The lowest BCUT2D eigenvalue weighted by Crippen LogP contribution is -2.27. The van der Waals surface area contributed by atoms with Crippen LogP contribution in [-0.2, 0) is 4.74 Å². The molecule has 3 heteroatoms. The Bertz CT molecular complexity index is 330. The molecule has 1 heterocycles. The first-order valence-corrected chi connectivity index (χ1v) is 5.88. The summed E-state index contributed by atoms with van der Waals surface area (Å²) in [4.78, 5) is 2.30. The number of anilines is 1. The number of aliphatic hydroxyl groups excluding tert-OH is 1. The smallest absolute Gasteiger partial charge is 0.0781 e. The van der Waals surface area contributed by atoms with Gasteiger partial charge in [-0.2, -0.15) is 0 Å². The third kappa shape index (κ3) is 2.54. The van der Waals surface area contributed by atoms with Gasteiger partial charge in [-0.15, -0.1) is 0 Å². The van der Waals surface area contributed by atoms with Gasteiger partial charge in [-0.05, 0) is 19.4 Å². The van der Waals surface area contributed by atoms with Crippen molar-refractivity contribution in [2.24, 2.45) is 0 Å². The molecule has 88 valence electrons. The number of benzene rings is 1. The first-order valence-electron chi connectivity index (χ1n) is 5.88. The van der Waals surface area contributed by atoms with Gasteiger partial charge in [0.05, 0.1) is 12.7 Å². The minimum atomic E-state index is -0.416. The molecule has 0 radical (unpaired) electrons. The van der Waals surface area contributed by atoms with E-state index >= 15 is 0 Å². The lowest BCUT2D eigenvalue weighted by atomic mass is 10.1. The van der Waals surface area contributed by atoms with E-state index in [-0.39, 0.29) is 0 Å². The van der Waals surface area contributed by atoms with Crippen LogP contribution in [0.4, 0.5) is 5.69 Å². The number of rotatable bonds is 2. The summed E-state index contributed by atoms with van der Waals surface area (Å²) in [5.41, 5.74) is 2.15. The number of nitrogens with zero attached hydrogens (tertiary/aromatic N) is 1. The number of aliphatic hydroxyl groups is 1. The summed E-state index contributed by atoms with van der Waals surface area (Å²) < 4.78 is 5.44. The quantitative estimate of drug-likeness (QED) is 0.828. The second-order valence-corrected chi connectivity index (χ2v) is 4.19. The lowest BCUT2D eigenvalue weighted by molar-refractivity contribution is 0.152. The van der Waals surface area contributed by atoms with Crippen molar-refractivity contribution >= 4 is 5.69 Å². The summed E-state index contributed by atoms with van der Waals surface area (Å²) in [6.07, 6.45) is 0.633. The molecular formula is C13H19NO2. The van der Waals surface area contributed by atoms with Crippen LogP contribution in [0.2, 0.25) is 0 Å². The molecule has 16 heavy (non-hydrogen) atoms. The zero-order chi connectivity index (χ0) is 11.4. The molecule has 0 aliphatic carbocycles. The van der Waals surface area contributed by atoms with Crippen molar-refractivity contribution in [3.63, 3.8) is 0 Å². The van der Waals surface area contributed by atoms with Crippen LogP contribution in [0.15, 0.2) is 24.3 Å². The maximum Gasteiger partial charge on any atom is 0.0781 e. The second kappa shape index (κ2) is 5.32. The number of hydrogen-bond donors (Lipinski definition) is 1. The molecule has 0 bridgehead atoms. The van der Waals surface area contributed by atoms with Gasteiger partial charge < -0.3 is 14.7 Å². The molecule has 1 fully saturated rings. The van der Waals surface area contributed by atoms with Crippen LogP contribution >= 0.6 is 0 Å². The predicted molar refractivity (Wildman–Crippen MR) is 64.7 cm³/mol. The molecule has 1 aliphatic heterocycles. The van der Waals surface area contributed by atoms with Crippen LogP contribution in [0.1, 0.15) is 25.0 Å². The van der Waals surface area contributed by atoms with E-state index in [4.69, 9.17) is 4.74 Å². The highest BCUT2D eigenvalue weighted by Gasteiger charge is 2.15. The van der Waals surface area contributed by atoms with Gasteiger partial charge in [0.15, 0.2) is 0 Å². The summed E-state index contributed by atoms with van der Waals surface area (Å²) in [7, 11) is 0. The monoisotopic (exact) mass is 221 g/mol. The molecule has 1 aromatic rings. The van der Waals surface area contributed by atoms with Crippen molar-refractivity contribution in [2.75, 3.05) is 31.2 Å². The predicted octanol–water partition coefficient (Wildman–Crippen LogP) is 1.97. The lowest BCUT2D eigenvalue weighted by Gasteiger charge is -2.25. The Kier molecular flexibility index (Phi) is 3.80. The second-order valence-electron chi connectivity index (χ2n) is 4.19. The van der Waals surface area contributed by atoms with Crippen LogP contribution in [0.25, 0.3) is 0 Å². The van der Waals surface area contributed by atoms with E-state index in [9.17, 15) is 5.11 Å². The maximum absolute atomic E-state index is 9.75. The van der Waals surface area contributed by atoms with Gasteiger partial charge in [-0.25, -0.2) is 0 Å². The molecule has 0 amide bonds. The van der Waals surface area contributed by atoms with Gasteiger partial charge >= 0.3 is 0 Å². The first kappa shape index (κ1) is 11.4. The van der Waals surface area contributed by atoms with E-state index in [0.29, 0.717) is 0 Å². The molecule has 2 rings (SSSR count). The molecule has 1 aliphatic rings. The molecular weight excluding hydrogens is 202 g/mol. The fourth-order valence-electron chi connectivity index (χ4n) is 2.12. The maximum atomic E-state index is 9.75. The van der Waals surface area contributed by atoms with Crippen LogP contribution < -0.4 is 4.90 Å². The highest BCUT2D eigenvalue weighted by Crippen LogP contribution is 2.26. The Hall–Kier alpha value is -1.06. The SMILES string of the molecule is CC(O)c1ccccc1N1CCCOCC1. The average Bonchev–Trinajstić information content (AvgIpc) is 2.57. The van der Waals surface area contributed by atoms with Crippen molar-refractivity contribution in [2.45, 2.75) is 19.4 Å². The zero-order valence-corrected chi connectivity index (χ0v) is 9.72. The molecule has 0 spiro atoms. The van der Waals surface area contributed by atoms with Gasteiger partial charge in [0.2, 0.25) is 0 Å². The van der Waals surface area contributed by atoms with Crippen molar-refractivity contribution in [1.29, 1.82) is 0 Å². The van der Waals surface area contributed by atoms with E-state index in [1.807, 2.05) is 25.1 Å². The molecule has 1 saturated heterocycles. The summed E-state index contributed by atoms with van der Waals surface area (Å²) in [6.45, 7) is 5.34. The molecule has 3 nitrogen and oxygen atoms in total. The molecule has 1 unspecified atom stereocenters. The molecule has 1 atom stereocenters. The van der Waals surface area contributed by atoms with Crippen molar-refractivity contribution in [3.8, 4) is 0 Å². The molecule has 1 aromatic carbocycles. The topological polar surface area (TPSA) is 32.7 Å². The number of ether oxygens (including phenoxy) is 1. The summed E-state index contributed by atoms with van der Waals surface area (Å²) in [5.74, 6) is 0. The van der Waals surface area contributed by atoms with Crippen LogP contribution in [-0.4, -0.2) is 31.4 Å². The minimum absolute atomic E-state index is 0.416. The van der Waals surface area contributed by atoms with E-state index < -0.39 is 6.10 Å². The Labute approximate surface area is 96.6 Å².